The van der Waals surface area contributed by atoms with Crippen LogP contribution in [0.2, 0.25) is 5.02 Å². The first-order chi connectivity index (χ1) is 10.1. The van der Waals surface area contributed by atoms with Gasteiger partial charge in [-0.1, -0.05) is 29.8 Å². The van der Waals surface area contributed by atoms with Gasteiger partial charge in [-0.25, -0.2) is 0 Å². The number of amidine groups is 1. The van der Waals surface area contributed by atoms with Crippen molar-refractivity contribution in [2.45, 2.75) is 19.4 Å². The second kappa shape index (κ2) is 5.30. The third-order valence-corrected chi connectivity index (χ3v) is 4.12. The Bertz CT molecular complexity index is 696. The number of nitrogens with two attached hydrogens (primary N) is 2. The van der Waals surface area contributed by atoms with Gasteiger partial charge in [0.15, 0.2) is 0 Å². The highest BCUT2D eigenvalue weighted by atomic mass is 35.5. The summed E-state index contributed by atoms with van der Waals surface area (Å²) in [5.41, 5.74) is 9.74. The highest BCUT2D eigenvalue weighted by Crippen LogP contribution is 2.39. The van der Waals surface area contributed by atoms with Gasteiger partial charge in [0.25, 0.3) is 0 Å². The molecule has 1 aliphatic rings. The number of aryl methyl sites for hydroxylation is 1. The summed E-state index contributed by atoms with van der Waals surface area (Å²) in [6, 6.07) is 11.7. The maximum Gasteiger partial charge on any atom is 0.150 e. The maximum atomic E-state index is 6.17. The highest BCUT2D eigenvalue weighted by Gasteiger charge is 2.25. The fourth-order valence-corrected chi connectivity index (χ4v) is 2.71. The third kappa shape index (κ3) is 2.54. The van der Waals surface area contributed by atoms with Crippen LogP contribution in [0.4, 0.5) is 0 Å². The molecular weight excluding hydrogens is 286 g/mol. The summed E-state index contributed by atoms with van der Waals surface area (Å²) < 4.78 is 6.03. The van der Waals surface area contributed by atoms with Crippen molar-refractivity contribution in [3.63, 3.8) is 0 Å². The van der Waals surface area contributed by atoms with Gasteiger partial charge < -0.3 is 16.3 Å². The minimum absolute atomic E-state index is 0.0385. The first-order valence-corrected chi connectivity index (χ1v) is 7.05. The number of fused-ring (bicyclic) bond motifs is 1. The minimum atomic E-state index is -0.0385. The van der Waals surface area contributed by atoms with Gasteiger partial charge in [-0.2, -0.15) is 5.10 Å². The molecule has 1 atom stereocenters. The summed E-state index contributed by atoms with van der Waals surface area (Å²) in [6.07, 6.45) is 0.752. The molecule has 21 heavy (non-hydrogen) atoms. The molecule has 0 amide bonds. The normalized spacial score (nSPS) is 17.4. The highest BCUT2D eigenvalue weighted by molar-refractivity contribution is 6.31. The zero-order valence-electron chi connectivity index (χ0n) is 11.6. The van der Waals surface area contributed by atoms with Crippen molar-refractivity contribution in [1.29, 1.82) is 0 Å². The molecule has 1 heterocycles. The zero-order valence-corrected chi connectivity index (χ0v) is 12.4. The fraction of sp³-hybridized carbons (Fsp3) is 0.188. The molecule has 0 saturated heterocycles. The van der Waals surface area contributed by atoms with Crippen molar-refractivity contribution in [2.75, 3.05) is 0 Å². The number of hydrogen-bond donors (Lipinski definition) is 2. The molecule has 1 unspecified atom stereocenters. The molecule has 2 aromatic carbocycles. The number of ether oxygens (including phenoxy) is 1. The number of nitrogens with zero attached hydrogens (tertiary/aromatic N) is 1. The summed E-state index contributed by atoms with van der Waals surface area (Å²) >= 11 is 6.17. The Labute approximate surface area is 128 Å². The van der Waals surface area contributed by atoms with E-state index in [2.05, 4.69) is 5.10 Å². The van der Waals surface area contributed by atoms with Crippen molar-refractivity contribution in [1.82, 2.24) is 0 Å². The number of rotatable bonds is 2. The molecule has 0 radical (unpaired) electrons. The summed E-state index contributed by atoms with van der Waals surface area (Å²) in [4.78, 5) is 0. The molecule has 0 aromatic heterocycles. The Morgan fingerprint density at radius 3 is 2.90 bits per heavy atom. The van der Waals surface area contributed by atoms with Crippen LogP contribution in [0, 0.1) is 6.92 Å². The van der Waals surface area contributed by atoms with Crippen LogP contribution in [0.25, 0.3) is 0 Å². The van der Waals surface area contributed by atoms with E-state index in [4.69, 9.17) is 27.9 Å². The molecule has 0 bridgehead atoms. The maximum absolute atomic E-state index is 6.17. The van der Waals surface area contributed by atoms with Crippen LogP contribution in [-0.4, -0.2) is 5.84 Å². The van der Waals surface area contributed by atoms with E-state index in [1.165, 1.54) is 0 Å². The molecule has 3 rings (SSSR count). The van der Waals surface area contributed by atoms with Gasteiger partial charge in [-0.05, 0) is 41.8 Å². The van der Waals surface area contributed by atoms with E-state index >= 15 is 0 Å². The monoisotopic (exact) mass is 301 g/mol. The van der Waals surface area contributed by atoms with Crippen LogP contribution in [0.5, 0.6) is 5.75 Å². The molecule has 0 spiro atoms. The van der Waals surface area contributed by atoms with Crippen molar-refractivity contribution in [3.05, 3.63) is 63.7 Å². The van der Waals surface area contributed by atoms with Crippen molar-refractivity contribution in [2.24, 2.45) is 16.7 Å². The van der Waals surface area contributed by atoms with E-state index in [9.17, 15) is 0 Å². The number of hydrogen-bond acceptors (Lipinski definition) is 3. The van der Waals surface area contributed by atoms with Crippen molar-refractivity contribution >= 4 is 17.4 Å². The van der Waals surface area contributed by atoms with E-state index in [1.54, 1.807) is 0 Å². The number of benzene rings is 2. The van der Waals surface area contributed by atoms with E-state index in [1.807, 2.05) is 43.3 Å². The average molecular weight is 302 g/mol. The predicted octanol–water partition coefficient (Wildman–Crippen LogP) is 2.90. The lowest BCUT2D eigenvalue weighted by Gasteiger charge is -2.12. The summed E-state index contributed by atoms with van der Waals surface area (Å²) in [5, 5.41) is 4.29. The molecule has 0 saturated carbocycles. The lowest BCUT2D eigenvalue weighted by atomic mass is 10.0. The lowest BCUT2D eigenvalue weighted by Crippen LogP contribution is -2.16. The molecule has 5 heteroatoms. The molecule has 0 aliphatic carbocycles. The molecule has 4 N–H and O–H groups in total. The van der Waals surface area contributed by atoms with E-state index in [0.717, 1.165) is 39.4 Å². The van der Waals surface area contributed by atoms with Crippen LogP contribution in [0.1, 0.15) is 28.4 Å². The Hall–Kier alpha value is -2.20. The first-order valence-electron chi connectivity index (χ1n) is 6.68. The van der Waals surface area contributed by atoms with Crippen LogP contribution < -0.4 is 16.3 Å². The molecular formula is C16H16ClN3O. The van der Waals surface area contributed by atoms with Crippen molar-refractivity contribution in [3.8, 4) is 5.75 Å². The standard InChI is InChI=1S/C16H16ClN3O/c1-9-5-14-12(7-13(9)17)8-15(21-14)10-3-2-4-11(6-10)16(18)20-19/h2-7,15H,8,19H2,1H3,(H2,18,20). The second-order valence-electron chi connectivity index (χ2n) is 5.16. The van der Waals surface area contributed by atoms with Gasteiger partial charge in [0.2, 0.25) is 0 Å². The van der Waals surface area contributed by atoms with Crippen LogP contribution >= 0.6 is 11.6 Å². The summed E-state index contributed by atoms with van der Waals surface area (Å²) in [5.74, 6) is 6.43. The van der Waals surface area contributed by atoms with E-state index in [-0.39, 0.29) is 6.10 Å². The molecule has 0 fully saturated rings. The van der Waals surface area contributed by atoms with Gasteiger partial charge >= 0.3 is 0 Å². The topological polar surface area (TPSA) is 73.6 Å². The first kappa shape index (κ1) is 13.8. The number of hydrazone groups is 1. The SMILES string of the molecule is Cc1cc2c(cc1Cl)CC(c1cccc(/C(N)=N/N)c1)O2. The summed E-state index contributed by atoms with van der Waals surface area (Å²) in [6.45, 7) is 1.97. The minimum Gasteiger partial charge on any atom is -0.485 e. The van der Waals surface area contributed by atoms with Gasteiger partial charge in [-0.15, -0.1) is 0 Å². The molecule has 4 nitrogen and oxygen atoms in total. The Balaban J connectivity index is 1.91. The van der Waals surface area contributed by atoms with Crippen LogP contribution in [0.15, 0.2) is 41.5 Å². The second-order valence-corrected chi connectivity index (χ2v) is 5.57. The van der Waals surface area contributed by atoms with Gasteiger partial charge in [0, 0.05) is 17.0 Å². The Morgan fingerprint density at radius 2 is 2.14 bits per heavy atom. The largest absolute Gasteiger partial charge is 0.485 e. The third-order valence-electron chi connectivity index (χ3n) is 3.71. The van der Waals surface area contributed by atoms with Crippen molar-refractivity contribution < 1.29 is 4.74 Å². The quantitative estimate of drug-likeness (QED) is 0.388. The average Bonchev–Trinajstić information content (AvgIpc) is 2.90. The molecule has 2 aromatic rings. The summed E-state index contributed by atoms with van der Waals surface area (Å²) in [7, 11) is 0. The Morgan fingerprint density at radius 1 is 1.33 bits per heavy atom. The molecule has 1 aliphatic heterocycles. The number of halogens is 1. The Kier molecular flexibility index (Phi) is 3.47. The lowest BCUT2D eigenvalue weighted by molar-refractivity contribution is 0.238. The molecule has 108 valence electrons. The van der Waals surface area contributed by atoms with Gasteiger partial charge in [-0.3, -0.25) is 0 Å². The van der Waals surface area contributed by atoms with Gasteiger partial charge in [0.05, 0.1) is 0 Å². The van der Waals surface area contributed by atoms with Crippen LogP contribution in [0.3, 0.4) is 0 Å². The smallest absolute Gasteiger partial charge is 0.150 e. The van der Waals surface area contributed by atoms with E-state index < -0.39 is 0 Å². The van der Waals surface area contributed by atoms with Crippen LogP contribution in [-0.2, 0) is 6.42 Å². The van der Waals surface area contributed by atoms with Gasteiger partial charge in [0.1, 0.15) is 17.7 Å². The predicted molar refractivity (Wildman–Crippen MR) is 84.6 cm³/mol. The van der Waals surface area contributed by atoms with E-state index in [0.29, 0.717) is 5.84 Å². The fourth-order valence-electron chi connectivity index (χ4n) is 2.52. The zero-order chi connectivity index (χ0) is 15.0.